The number of hydrogen-bond acceptors (Lipinski definition) is 5. The van der Waals surface area contributed by atoms with E-state index in [2.05, 4.69) is 21.7 Å². The first-order valence-corrected chi connectivity index (χ1v) is 8.77. The van der Waals surface area contributed by atoms with Gasteiger partial charge in [-0.05, 0) is 37.8 Å². The highest BCUT2D eigenvalue weighted by atomic mass is 16.5. The molecule has 1 aromatic carbocycles. The molecule has 1 saturated heterocycles. The molecule has 1 atom stereocenters. The van der Waals surface area contributed by atoms with Gasteiger partial charge in [-0.15, -0.1) is 0 Å². The molecule has 1 saturated carbocycles. The lowest BCUT2D eigenvalue weighted by molar-refractivity contribution is 0.120. The van der Waals surface area contributed by atoms with Crippen LogP contribution in [-0.4, -0.2) is 35.3 Å². The molecule has 2 N–H and O–H groups in total. The second kappa shape index (κ2) is 6.71. The van der Waals surface area contributed by atoms with Crippen LogP contribution in [0.2, 0.25) is 0 Å². The molecular formula is C18H24N4O. The lowest BCUT2D eigenvalue weighted by atomic mass is 10.2. The Morgan fingerprint density at radius 2 is 1.91 bits per heavy atom. The number of benzene rings is 1. The molecule has 1 aromatic heterocycles. The van der Waals surface area contributed by atoms with Crippen LogP contribution >= 0.6 is 0 Å². The molecule has 0 spiro atoms. The van der Waals surface area contributed by atoms with E-state index in [1.54, 1.807) is 0 Å². The molecule has 0 amide bonds. The molecule has 2 aromatic rings. The van der Waals surface area contributed by atoms with Crippen molar-refractivity contribution in [3.63, 3.8) is 0 Å². The first-order chi connectivity index (χ1) is 11.4. The van der Waals surface area contributed by atoms with Gasteiger partial charge < -0.3 is 15.4 Å². The van der Waals surface area contributed by atoms with Crippen molar-refractivity contribution in [2.75, 3.05) is 23.8 Å². The number of anilines is 2. The van der Waals surface area contributed by atoms with E-state index in [-0.39, 0.29) is 6.10 Å². The van der Waals surface area contributed by atoms with Crippen LogP contribution in [0, 0.1) is 0 Å². The molecule has 4 rings (SSSR count). The van der Waals surface area contributed by atoms with Gasteiger partial charge in [-0.2, -0.15) is 4.98 Å². The molecule has 5 nitrogen and oxygen atoms in total. The summed E-state index contributed by atoms with van der Waals surface area (Å²) in [5.41, 5.74) is 0.984. The number of para-hydroxylation sites is 1. The highest BCUT2D eigenvalue weighted by molar-refractivity contribution is 5.90. The van der Waals surface area contributed by atoms with Crippen LogP contribution in [0.5, 0.6) is 0 Å². The van der Waals surface area contributed by atoms with Gasteiger partial charge in [0.05, 0.1) is 11.6 Å². The minimum absolute atomic E-state index is 0.288. The summed E-state index contributed by atoms with van der Waals surface area (Å²) in [4.78, 5) is 9.39. The van der Waals surface area contributed by atoms with Gasteiger partial charge in [0.1, 0.15) is 5.82 Å². The Balaban J connectivity index is 1.57. The van der Waals surface area contributed by atoms with Gasteiger partial charge >= 0.3 is 0 Å². The van der Waals surface area contributed by atoms with Crippen LogP contribution in [-0.2, 0) is 4.74 Å². The summed E-state index contributed by atoms with van der Waals surface area (Å²) in [6.45, 7) is 1.65. The number of ether oxygens (including phenoxy) is 1. The summed E-state index contributed by atoms with van der Waals surface area (Å²) in [7, 11) is 0. The molecule has 1 aliphatic heterocycles. The standard InChI is InChI=1S/C18H24N4O/c1-2-7-13(6-1)20-17-15-9-3-4-10-16(15)21-18(22-17)19-12-14-8-5-11-23-14/h3-4,9-10,13-14H,1-2,5-8,11-12H2,(H2,19,20,21,22)/t14-/m1/s1. The SMILES string of the molecule is c1ccc2c(NC3CCCC3)nc(NC[C@H]3CCCO3)nc2c1. The Kier molecular flexibility index (Phi) is 4.28. The van der Waals surface area contributed by atoms with E-state index < -0.39 is 0 Å². The van der Waals surface area contributed by atoms with E-state index in [4.69, 9.17) is 9.72 Å². The smallest absolute Gasteiger partial charge is 0.225 e. The summed E-state index contributed by atoms with van der Waals surface area (Å²) in [5, 5.41) is 8.09. The number of rotatable bonds is 5. The maximum Gasteiger partial charge on any atom is 0.225 e. The van der Waals surface area contributed by atoms with Crippen LogP contribution in [0.25, 0.3) is 10.9 Å². The van der Waals surface area contributed by atoms with Crippen LogP contribution in [0.3, 0.4) is 0 Å². The average Bonchev–Trinajstić information content (AvgIpc) is 3.27. The van der Waals surface area contributed by atoms with Crippen molar-refractivity contribution < 1.29 is 4.74 Å². The second-order valence-electron chi connectivity index (χ2n) is 6.55. The number of nitrogens with zero attached hydrogens (tertiary/aromatic N) is 2. The van der Waals surface area contributed by atoms with Gasteiger partial charge in [0, 0.05) is 24.6 Å². The van der Waals surface area contributed by atoms with Crippen molar-refractivity contribution in [2.45, 2.75) is 50.7 Å². The number of hydrogen-bond donors (Lipinski definition) is 2. The second-order valence-corrected chi connectivity index (χ2v) is 6.55. The molecule has 23 heavy (non-hydrogen) atoms. The van der Waals surface area contributed by atoms with E-state index in [0.717, 1.165) is 42.7 Å². The summed E-state index contributed by atoms with van der Waals surface area (Å²) >= 11 is 0. The predicted molar refractivity (Wildman–Crippen MR) is 92.9 cm³/mol. The van der Waals surface area contributed by atoms with Crippen molar-refractivity contribution in [3.8, 4) is 0 Å². The molecule has 2 heterocycles. The van der Waals surface area contributed by atoms with Crippen molar-refractivity contribution >= 4 is 22.7 Å². The van der Waals surface area contributed by atoms with Crippen molar-refractivity contribution in [1.82, 2.24) is 9.97 Å². The van der Waals surface area contributed by atoms with E-state index in [0.29, 0.717) is 12.0 Å². The normalized spacial score (nSPS) is 21.8. The van der Waals surface area contributed by atoms with Gasteiger partial charge in [-0.3, -0.25) is 0 Å². The Bertz CT molecular complexity index is 663. The third-order valence-electron chi connectivity index (χ3n) is 4.81. The highest BCUT2D eigenvalue weighted by Gasteiger charge is 2.18. The maximum absolute atomic E-state index is 5.67. The summed E-state index contributed by atoms with van der Waals surface area (Å²) in [6, 6.07) is 8.76. The molecule has 5 heteroatoms. The lowest BCUT2D eigenvalue weighted by Gasteiger charge is -2.16. The Labute approximate surface area is 136 Å². The number of nitrogens with one attached hydrogen (secondary N) is 2. The summed E-state index contributed by atoms with van der Waals surface area (Å²) in [5.74, 6) is 1.65. The zero-order valence-electron chi connectivity index (χ0n) is 13.4. The fraction of sp³-hybridized carbons (Fsp3) is 0.556. The zero-order chi connectivity index (χ0) is 15.5. The van der Waals surface area contributed by atoms with Gasteiger partial charge in [-0.1, -0.05) is 25.0 Å². The van der Waals surface area contributed by atoms with Crippen LogP contribution < -0.4 is 10.6 Å². The zero-order valence-corrected chi connectivity index (χ0v) is 13.4. The molecule has 2 aliphatic rings. The van der Waals surface area contributed by atoms with Crippen LogP contribution in [0.1, 0.15) is 38.5 Å². The summed E-state index contributed by atoms with van der Waals surface area (Å²) < 4.78 is 5.67. The van der Waals surface area contributed by atoms with Crippen molar-refractivity contribution in [1.29, 1.82) is 0 Å². The van der Waals surface area contributed by atoms with E-state index >= 15 is 0 Å². The lowest BCUT2D eigenvalue weighted by Crippen LogP contribution is -2.21. The monoisotopic (exact) mass is 312 g/mol. The molecule has 0 unspecified atom stereocenters. The predicted octanol–water partition coefficient (Wildman–Crippen LogP) is 3.58. The average molecular weight is 312 g/mol. The minimum atomic E-state index is 0.288. The van der Waals surface area contributed by atoms with Crippen LogP contribution in [0.4, 0.5) is 11.8 Å². The summed E-state index contributed by atoms with van der Waals surface area (Å²) in [6.07, 6.45) is 7.65. The van der Waals surface area contributed by atoms with Gasteiger partial charge in [0.2, 0.25) is 5.95 Å². The topological polar surface area (TPSA) is 59.1 Å². The first kappa shape index (κ1) is 14.7. The van der Waals surface area contributed by atoms with E-state index in [9.17, 15) is 0 Å². The third kappa shape index (κ3) is 3.39. The van der Waals surface area contributed by atoms with Gasteiger partial charge in [0.15, 0.2) is 0 Å². The van der Waals surface area contributed by atoms with Gasteiger partial charge in [0.25, 0.3) is 0 Å². The quantitative estimate of drug-likeness (QED) is 0.884. The minimum Gasteiger partial charge on any atom is -0.376 e. The molecule has 2 fully saturated rings. The molecule has 0 bridgehead atoms. The Morgan fingerprint density at radius 3 is 2.74 bits per heavy atom. The molecule has 0 radical (unpaired) electrons. The van der Waals surface area contributed by atoms with E-state index in [1.165, 1.54) is 25.7 Å². The van der Waals surface area contributed by atoms with E-state index in [1.807, 2.05) is 18.2 Å². The number of aromatic nitrogens is 2. The Morgan fingerprint density at radius 1 is 1.04 bits per heavy atom. The Hall–Kier alpha value is -1.88. The van der Waals surface area contributed by atoms with Crippen molar-refractivity contribution in [3.05, 3.63) is 24.3 Å². The number of fused-ring (bicyclic) bond motifs is 1. The van der Waals surface area contributed by atoms with Gasteiger partial charge in [-0.25, -0.2) is 4.98 Å². The maximum atomic E-state index is 5.67. The van der Waals surface area contributed by atoms with Crippen LogP contribution in [0.15, 0.2) is 24.3 Å². The fourth-order valence-electron chi connectivity index (χ4n) is 3.54. The third-order valence-corrected chi connectivity index (χ3v) is 4.81. The molecule has 122 valence electrons. The highest BCUT2D eigenvalue weighted by Crippen LogP contribution is 2.27. The van der Waals surface area contributed by atoms with Crippen molar-refractivity contribution in [2.24, 2.45) is 0 Å². The fourth-order valence-corrected chi connectivity index (χ4v) is 3.54. The first-order valence-electron chi connectivity index (χ1n) is 8.77. The molecular weight excluding hydrogens is 288 g/mol. The largest absolute Gasteiger partial charge is 0.376 e. The molecule has 1 aliphatic carbocycles.